The number of hydrogen-bond acceptors (Lipinski definition) is 3. The van der Waals surface area contributed by atoms with Gasteiger partial charge in [0.15, 0.2) is 0 Å². The molecule has 3 saturated carbocycles. The molecular formula is C30H34F3N3O. The van der Waals surface area contributed by atoms with Crippen LogP contribution in [0.3, 0.4) is 0 Å². The fourth-order valence-corrected chi connectivity index (χ4v) is 7.70. The molecule has 3 heterocycles. The molecule has 4 nitrogen and oxygen atoms in total. The van der Waals surface area contributed by atoms with Crippen molar-refractivity contribution < 1.29 is 17.9 Å². The van der Waals surface area contributed by atoms with Gasteiger partial charge in [-0.1, -0.05) is 18.2 Å². The lowest BCUT2D eigenvalue weighted by Gasteiger charge is -2.70. The van der Waals surface area contributed by atoms with Crippen molar-refractivity contribution in [2.45, 2.75) is 69.2 Å². The molecule has 1 aromatic heterocycles. The molecule has 0 spiro atoms. The summed E-state index contributed by atoms with van der Waals surface area (Å²) in [6.07, 6.45) is 5.35. The highest BCUT2D eigenvalue weighted by atomic mass is 19.1. The van der Waals surface area contributed by atoms with E-state index in [0.29, 0.717) is 19.5 Å². The van der Waals surface area contributed by atoms with Crippen LogP contribution in [-0.2, 0) is 6.42 Å². The van der Waals surface area contributed by atoms with Crippen LogP contribution < -0.4 is 4.74 Å². The fraction of sp³-hybridized carbons (Fsp3) is 0.533. The van der Waals surface area contributed by atoms with Gasteiger partial charge >= 0.3 is 0 Å². The standard InChI is InChI=1S/C30H34F3N3O/c1-18-11-23-22-5-2-3-6-26(22)34-28(23)29(36(18)30-14-19(15-30)16-30)27-24(32)12-21(13-25(27)33)37-20-7-10-35(17-20)9-4-8-31/h2-3,5-6,12-13,18-20,29,34H,4,7-11,14-17H2,1H3/t18-,19?,20+,29-,30?/m1/s1. The second-order valence-corrected chi connectivity index (χ2v) is 11.8. The van der Waals surface area contributed by atoms with E-state index in [4.69, 9.17) is 4.74 Å². The molecule has 4 fully saturated rings. The Hall–Kier alpha value is -2.51. The molecule has 1 saturated heterocycles. The summed E-state index contributed by atoms with van der Waals surface area (Å²) in [7, 11) is 0. The molecule has 7 heteroatoms. The number of rotatable bonds is 7. The quantitative estimate of drug-likeness (QED) is 0.415. The molecule has 0 amide bonds. The van der Waals surface area contributed by atoms with Crippen molar-refractivity contribution >= 4 is 10.9 Å². The molecule has 0 unspecified atom stereocenters. The molecule has 3 aliphatic carbocycles. The van der Waals surface area contributed by atoms with E-state index < -0.39 is 17.7 Å². The number of nitrogens with one attached hydrogen (secondary N) is 1. The van der Waals surface area contributed by atoms with Crippen LogP contribution in [-0.4, -0.2) is 58.8 Å². The zero-order valence-electron chi connectivity index (χ0n) is 21.3. The van der Waals surface area contributed by atoms with Crippen molar-refractivity contribution in [1.82, 2.24) is 14.8 Å². The van der Waals surface area contributed by atoms with Gasteiger partial charge in [-0.2, -0.15) is 0 Å². The zero-order valence-corrected chi connectivity index (χ0v) is 21.3. The van der Waals surface area contributed by atoms with Crippen LogP contribution in [0, 0.1) is 17.6 Å². The summed E-state index contributed by atoms with van der Waals surface area (Å²) >= 11 is 0. The largest absolute Gasteiger partial charge is 0.489 e. The second kappa shape index (κ2) is 8.77. The van der Waals surface area contributed by atoms with Gasteiger partial charge in [0.05, 0.1) is 12.7 Å². The van der Waals surface area contributed by atoms with Gasteiger partial charge in [-0.15, -0.1) is 0 Å². The average molecular weight is 510 g/mol. The summed E-state index contributed by atoms with van der Waals surface area (Å²) in [6, 6.07) is 10.6. The van der Waals surface area contributed by atoms with Crippen LogP contribution in [0.4, 0.5) is 13.2 Å². The average Bonchev–Trinajstić information content (AvgIpc) is 3.41. The maximum atomic E-state index is 16.0. The summed E-state index contributed by atoms with van der Waals surface area (Å²) in [5, 5.41) is 1.14. The van der Waals surface area contributed by atoms with Crippen molar-refractivity contribution in [3.63, 3.8) is 0 Å². The van der Waals surface area contributed by atoms with Crippen LogP contribution in [0.1, 0.15) is 61.9 Å². The van der Waals surface area contributed by atoms with Crippen molar-refractivity contribution in [3.05, 3.63) is 64.9 Å². The van der Waals surface area contributed by atoms with Crippen LogP contribution >= 0.6 is 0 Å². The highest BCUT2D eigenvalue weighted by Gasteiger charge is 2.63. The first-order valence-corrected chi connectivity index (χ1v) is 13.8. The molecule has 2 aromatic carbocycles. The zero-order chi connectivity index (χ0) is 25.3. The number of aromatic nitrogens is 1. The summed E-state index contributed by atoms with van der Waals surface area (Å²) in [6.45, 7) is 4.02. The molecule has 8 rings (SSSR count). The van der Waals surface area contributed by atoms with E-state index in [1.165, 1.54) is 17.7 Å². The van der Waals surface area contributed by atoms with Crippen LogP contribution in [0.5, 0.6) is 5.75 Å². The molecule has 5 aliphatic rings. The van der Waals surface area contributed by atoms with Crippen molar-refractivity contribution in [2.24, 2.45) is 5.92 Å². The number of fused-ring (bicyclic) bond motifs is 3. The summed E-state index contributed by atoms with van der Waals surface area (Å²) in [5.74, 6) is -0.114. The number of benzene rings is 2. The summed E-state index contributed by atoms with van der Waals surface area (Å²) in [5.41, 5.74) is 3.28. The van der Waals surface area contributed by atoms with Gasteiger partial charge in [-0.25, -0.2) is 8.78 Å². The van der Waals surface area contributed by atoms with Gasteiger partial charge < -0.3 is 9.72 Å². The minimum Gasteiger partial charge on any atom is -0.489 e. The summed E-state index contributed by atoms with van der Waals surface area (Å²) in [4.78, 5) is 8.13. The molecular weight excluding hydrogens is 475 g/mol. The maximum absolute atomic E-state index is 16.0. The molecule has 2 aliphatic heterocycles. The predicted octanol–water partition coefficient (Wildman–Crippen LogP) is 6.15. The molecule has 1 N–H and O–H groups in total. The van der Waals surface area contributed by atoms with Gasteiger partial charge in [-0.05, 0) is 63.0 Å². The first kappa shape index (κ1) is 23.6. The Labute approximate surface area is 215 Å². The van der Waals surface area contributed by atoms with E-state index in [1.807, 2.05) is 18.2 Å². The van der Waals surface area contributed by atoms with Crippen LogP contribution in [0.2, 0.25) is 0 Å². The lowest BCUT2D eigenvalue weighted by molar-refractivity contribution is -0.174. The Kier molecular flexibility index (Phi) is 5.59. The lowest BCUT2D eigenvalue weighted by Crippen LogP contribution is -2.71. The van der Waals surface area contributed by atoms with Crippen molar-refractivity contribution in [2.75, 3.05) is 26.3 Å². The van der Waals surface area contributed by atoms with Gasteiger partial charge in [0, 0.05) is 65.5 Å². The second-order valence-electron chi connectivity index (χ2n) is 11.8. The molecule has 3 atom stereocenters. The SMILES string of the molecule is C[C@@H]1Cc2c([nH]c3ccccc23)[C@@H](c2c(F)cc(O[C@H]3CCN(CCCF)C3)cc2F)N1C12CC(C1)C2. The Bertz CT molecular complexity index is 1300. The number of H-pyrrole nitrogens is 1. The third-order valence-electron chi connectivity index (χ3n) is 9.39. The first-order valence-electron chi connectivity index (χ1n) is 13.8. The highest BCUT2D eigenvalue weighted by Crippen LogP contribution is 2.64. The number of hydrogen-bond donors (Lipinski definition) is 1. The van der Waals surface area contributed by atoms with Gasteiger partial charge in [0.2, 0.25) is 0 Å². The van der Waals surface area contributed by atoms with E-state index in [9.17, 15) is 4.39 Å². The van der Waals surface area contributed by atoms with Gasteiger partial charge in [0.1, 0.15) is 23.5 Å². The monoisotopic (exact) mass is 509 g/mol. The summed E-state index contributed by atoms with van der Waals surface area (Å²) < 4.78 is 50.5. The third kappa shape index (κ3) is 3.72. The topological polar surface area (TPSA) is 31.5 Å². The van der Waals surface area contributed by atoms with E-state index in [1.54, 1.807) is 0 Å². The fourth-order valence-electron chi connectivity index (χ4n) is 7.70. The number of halogens is 3. The van der Waals surface area contributed by atoms with Crippen LogP contribution in [0.15, 0.2) is 36.4 Å². The van der Waals surface area contributed by atoms with E-state index >= 15 is 8.78 Å². The Morgan fingerprint density at radius 2 is 1.86 bits per heavy atom. The Morgan fingerprint density at radius 1 is 1.11 bits per heavy atom. The van der Waals surface area contributed by atoms with Gasteiger partial charge in [-0.3, -0.25) is 14.2 Å². The van der Waals surface area contributed by atoms with Gasteiger partial charge in [0.25, 0.3) is 0 Å². The van der Waals surface area contributed by atoms with Crippen molar-refractivity contribution in [1.29, 1.82) is 0 Å². The number of alkyl halides is 1. The molecule has 3 aromatic rings. The smallest absolute Gasteiger partial charge is 0.135 e. The molecule has 2 bridgehead atoms. The number of ether oxygens (including phenoxy) is 1. The van der Waals surface area contributed by atoms with E-state index in [-0.39, 0.29) is 35.7 Å². The molecule has 196 valence electrons. The van der Waals surface area contributed by atoms with E-state index in [0.717, 1.165) is 61.2 Å². The third-order valence-corrected chi connectivity index (χ3v) is 9.39. The van der Waals surface area contributed by atoms with E-state index in [2.05, 4.69) is 27.8 Å². The number of likely N-dealkylation sites (tertiary alicyclic amines) is 1. The first-order chi connectivity index (χ1) is 18.0. The normalized spacial score (nSPS) is 31.2. The van der Waals surface area contributed by atoms with Crippen molar-refractivity contribution in [3.8, 4) is 5.75 Å². The molecule has 37 heavy (non-hydrogen) atoms. The minimum absolute atomic E-state index is 0.0463. The lowest BCUT2D eigenvalue weighted by atomic mass is 9.48. The predicted molar refractivity (Wildman–Crippen MR) is 138 cm³/mol. The molecule has 0 radical (unpaired) electrons. The highest BCUT2D eigenvalue weighted by molar-refractivity contribution is 5.85. The number of nitrogens with zero attached hydrogens (tertiary/aromatic N) is 2. The Morgan fingerprint density at radius 3 is 2.57 bits per heavy atom. The number of aromatic amines is 1. The van der Waals surface area contributed by atoms with Crippen LogP contribution in [0.25, 0.3) is 10.9 Å². The Balaban J connectivity index is 1.25. The number of para-hydroxylation sites is 1. The minimum atomic E-state index is -0.553. The maximum Gasteiger partial charge on any atom is 0.135 e.